The van der Waals surface area contributed by atoms with Gasteiger partial charge in [0.25, 0.3) is 0 Å². The van der Waals surface area contributed by atoms with Gasteiger partial charge in [0.2, 0.25) is 0 Å². The summed E-state index contributed by atoms with van der Waals surface area (Å²) in [5.41, 5.74) is 6.30. The molecule has 15 heavy (non-hydrogen) atoms. The molecular weight excluding hydrogens is 186 g/mol. The molecule has 2 saturated carbocycles. The van der Waals surface area contributed by atoms with Crippen molar-refractivity contribution >= 4 is 0 Å². The van der Waals surface area contributed by atoms with E-state index in [1.165, 1.54) is 25.7 Å². The van der Waals surface area contributed by atoms with Crippen LogP contribution >= 0.6 is 0 Å². The molecule has 4 unspecified atom stereocenters. The first-order valence-electron chi connectivity index (χ1n) is 6.07. The first-order chi connectivity index (χ1) is 7.33. The van der Waals surface area contributed by atoms with Crippen LogP contribution in [0.25, 0.3) is 0 Å². The van der Waals surface area contributed by atoms with E-state index in [1.54, 1.807) is 0 Å². The molecule has 0 spiro atoms. The molecule has 1 aromatic heterocycles. The van der Waals surface area contributed by atoms with Crippen molar-refractivity contribution in [1.82, 2.24) is 9.97 Å². The number of H-pyrrole nitrogens is 1. The van der Waals surface area contributed by atoms with E-state index in [0.717, 1.165) is 30.0 Å². The topological polar surface area (TPSA) is 54.7 Å². The molecule has 2 aliphatic carbocycles. The maximum absolute atomic E-state index is 6.30. The highest BCUT2D eigenvalue weighted by atomic mass is 14.9. The van der Waals surface area contributed by atoms with E-state index in [1.807, 2.05) is 12.4 Å². The third-order valence-corrected chi connectivity index (χ3v) is 4.33. The molecule has 1 heterocycles. The smallest absolute Gasteiger partial charge is 0.107 e. The molecule has 4 atom stereocenters. The molecule has 2 aliphatic rings. The van der Waals surface area contributed by atoms with Gasteiger partial charge in [-0.05, 0) is 37.0 Å². The SMILES string of the molecule is NC(Cc1ncc[nH]1)C1CC2CCC1C2. The third kappa shape index (κ3) is 1.69. The molecule has 0 saturated heterocycles. The zero-order chi connectivity index (χ0) is 10.3. The van der Waals surface area contributed by atoms with Crippen LogP contribution in [-0.4, -0.2) is 16.0 Å². The van der Waals surface area contributed by atoms with Gasteiger partial charge in [-0.3, -0.25) is 0 Å². The van der Waals surface area contributed by atoms with Gasteiger partial charge >= 0.3 is 0 Å². The molecule has 3 nitrogen and oxygen atoms in total. The Morgan fingerprint density at radius 2 is 2.40 bits per heavy atom. The zero-order valence-electron chi connectivity index (χ0n) is 9.02. The Morgan fingerprint density at radius 1 is 1.47 bits per heavy atom. The van der Waals surface area contributed by atoms with Crippen molar-refractivity contribution in [3.63, 3.8) is 0 Å². The van der Waals surface area contributed by atoms with Crippen LogP contribution in [0, 0.1) is 17.8 Å². The van der Waals surface area contributed by atoms with E-state index in [9.17, 15) is 0 Å². The Labute approximate surface area is 90.5 Å². The average molecular weight is 205 g/mol. The maximum atomic E-state index is 6.30. The number of hydrogen-bond acceptors (Lipinski definition) is 2. The van der Waals surface area contributed by atoms with E-state index in [2.05, 4.69) is 9.97 Å². The Morgan fingerprint density at radius 3 is 3.00 bits per heavy atom. The van der Waals surface area contributed by atoms with Crippen molar-refractivity contribution in [2.24, 2.45) is 23.5 Å². The highest BCUT2D eigenvalue weighted by Gasteiger charge is 2.41. The molecule has 0 aliphatic heterocycles. The van der Waals surface area contributed by atoms with Crippen molar-refractivity contribution in [1.29, 1.82) is 0 Å². The number of imidazole rings is 1. The lowest BCUT2D eigenvalue weighted by Gasteiger charge is -2.27. The monoisotopic (exact) mass is 205 g/mol. The summed E-state index contributed by atoms with van der Waals surface area (Å²) in [7, 11) is 0. The number of aromatic nitrogens is 2. The molecule has 0 aromatic carbocycles. The molecule has 0 radical (unpaired) electrons. The van der Waals surface area contributed by atoms with Gasteiger partial charge in [-0.15, -0.1) is 0 Å². The van der Waals surface area contributed by atoms with Crippen LogP contribution in [0.3, 0.4) is 0 Å². The van der Waals surface area contributed by atoms with Gasteiger partial charge in [-0.1, -0.05) is 6.42 Å². The molecule has 0 amide bonds. The summed E-state index contributed by atoms with van der Waals surface area (Å²) in [6.45, 7) is 0. The van der Waals surface area contributed by atoms with Crippen molar-refractivity contribution in [3.05, 3.63) is 18.2 Å². The Bertz CT molecular complexity index is 320. The number of nitrogens with one attached hydrogen (secondary N) is 1. The fraction of sp³-hybridized carbons (Fsp3) is 0.750. The first-order valence-corrected chi connectivity index (χ1v) is 6.07. The minimum absolute atomic E-state index is 0.312. The van der Waals surface area contributed by atoms with E-state index in [-0.39, 0.29) is 0 Å². The van der Waals surface area contributed by atoms with Crippen LogP contribution in [0.1, 0.15) is 31.5 Å². The van der Waals surface area contributed by atoms with Crippen molar-refractivity contribution < 1.29 is 0 Å². The maximum Gasteiger partial charge on any atom is 0.107 e. The van der Waals surface area contributed by atoms with Crippen molar-refractivity contribution in [2.75, 3.05) is 0 Å². The molecule has 3 N–H and O–H groups in total. The quantitative estimate of drug-likeness (QED) is 0.789. The minimum atomic E-state index is 0.312. The summed E-state index contributed by atoms with van der Waals surface area (Å²) >= 11 is 0. The van der Waals surface area contributed by atoms with E-state index in [0.29, 0.717) is 6.04 Å². The molecule has 2 fully saturated rings. The Balaban J connectivity index is 1.63. The van der Waals surface area contributed by atoms with E-state index in [4.69, 9.17) is 5.73 Å². The van der Waals surface area contributed by atoms with Gasteiger partial charge in [0.1, 0.15) is 5.82 Å². The van der Waals surface area contributed by atoms with E-state index < -0.39 is 0 Å². The predicted octanol–water partition coefficient (Wildman–Crippen LogP) is 1.72. The molecule has 3 rings (SSSR count). The number of hydrogen-bond donors (Lipinski definition) is 2. The van der Waals surface area contributed by atoms with Crippen LogP contribution in [0.5, 0.6) is 0 Å². The number of aromatic amines is 1. The fourth-order valence-corrected chi connectivity index (χ4v) is 3.60. The summed E-state index contributed by atoms with van der Waals surface area (Å²) in [6.07, 6.45) is 10.3. The molecule has 3 heteroatoms. The van der Waals surface area contributed by atoms with Crippen LogP contribution < -0.4 is 5.73 Å². The van der Waals surface area contributed by atoms with E-state index >= 15 is 0 Å². The Kier molecular flexibility index (Phi) is 2.28. The van der Waals surface area contributed by atoms with Crippen LogP contribution in [0.15, 0.2) is 12.4 Å². The van der Waals surface area contributed by atoms with Gasteiger partial charge in [-0.2, -0.15) is 0 Å². The zero-order valence-corrected chi connectivity index (χ0v) is 9.02. The minimum Gasteiger partial charge on any atom is -0.349 e. The fourth-order valence-electron chi connectivity index (χ4n) is 3.60. The summed E-state index contributed by atoms with van der Waals surface area (Å²) in [5, 5.41) is 0. The predicted molar refractivity (Wildman–Crippen MR) is 59.2 cm³/mol. The van der Waals surface area contributed by atoms with Crippen molar-refractivity contribution in [2.45, 2.75) is 38.1 Å². The summed E-state index contributed by atoms with van der Waals surface area (Å²) in [4.78, 5) is 7.40. The lowest BCUT2D eigenvalue weighted by atomic mass is 9.82. The summed E-state index contributed by atoms with van der Waals surface area (Å²) in [6, 6.07) is 0.312. The second-order valence-corrected chi connectivity index (χ2v) is 5.24. The third-order valence-electron chi connectivity index (χ3n) is 4.33. The van der Waals surface area contributed by atoms with Crippen LogP contribution in [0.2, 0.25) is 0 Å². The Hall–Kier alpha value is -0.830. The second-order valence-electron chi connectivity index (χ2n) is 5.24. The highest BCUT2D eigenvalue weighted by molar-refractivity contribution is 4.98. The van der Waals surface area contributed by atoms with Crippen LogP contribution in [-0.2, 0) is 6.42 Å². The molecule has 82 valence electrons. The molecule has 1 aromatic rings. The standard InChI is InChI=1S/C12H19N3/c13-11(7-12-14-3-4-15-12)10-6-8-1-2-9(10)5-8/h3-4,8-11H,1-2,5-7,13H2,(H,14,15). The number of rotatable bonds is 3. The van der Waals surface area contributed by atoms with Gasteiger partial charge in [-0.25, -0.2) is 4.98 Å². The number of nitrogens with zero attached hydrogens (tertiary/aromatic N) is 1. The molecule has 2 bridgehead atoms. The van der Waals surface area contributed by atoms with Gasteiger partial charge in [0.05, 0.1) is 0 Å². The second kappa shape index (κ2) is 3.63. The largest absolute Gasteiger partial charge is 0.349 e. The highest BCUT2D eigenvalue weighted by Crippen LogP contribution is 2.49. The average Bonchev–Trinajstić information content (AvgIpc) is 2.93. The number of fused-ring (bicyclic) bond motifs is 2. The summed E-state index contributed by atoms with van der Waals surface area (Å²) in [5.74, 6) is 3.71. The first kappa shape index (κ1) is 9.40. The number of nitrogens with two attached hydrogens (primary N) is 1. The van der Waals surface area contributed by atoms with Gasteiger partial charge < -0.3 is 10.7 Å². The molecular formula is C12H19N3. The van der Waals surface area contributed by atoms with Gasteiger partial charge in [0, 0.05) is 24.9 Å². The normalized spacial score (nSPS) is 35.9. The lowest BCUT2D eigenvalue weighted by molar-refractivity contribution is 0.278. The lowest BCUT2D eigenvalue weighted by Crippen LogP contribution is -2.35. The van der Waals surface area contributed by atoms with Gasteiger partial charge in [0.15, 0.2) is 0 Å². The van der Waals surface area contributed by atoms with Crippen molar-refractivity contribution in [3.8, 4) is 0 Å². The van der Waals surface area contributed by atoms with Crippen LogP contribution in [0.4, 0.5) is 0 Å². The summed E-state index contributed by atoms with van der Waals surface area (Å²) < 4.78 is 0.